The molecule has 0 spiro atoms. The minimum atomic E-state index is -0.517. The summed E-state index contributed by atoms with van der Waals surface area (Å²) in [4.78, 5) is 14.8. The van der Waals surface area contributed by atoms with E-state index in [1.807, 2.05) is 43.9 Å². The second-order valence-electron chi connectivity index (χ2n) is 8.08. The first-order valence-electron chi connectivity index (χ1n) is 9.19. The molecule has 0 aromatic heterocycles. The zero-order chi connectivity index (χ0) is 18.9. The van der Waals surface area contributed by atoms with E-state index in [0.29, 0.717) is 18.4 Å². The van der Waals surface area contributed by atoms with E-state index in [4.69, 9.17) is 14.2 Å². The topological polar surface area (TPSA) is 48.0 Å². The van der Waals surface area contributed by atoms with Crippen LogP contribution in [0.15, 0.2) is 30.4 Å². The van der Waals surface area contributed by atoms with Gasteiger partial charge in [-0.25, -0.2) is 4.79 Å². The van der Waals surface area contributed by atoms with Gasteiger partial charge in [-0.05, 0) is 57.6 Å². The lowest BCUT2D eigenvalue weighted by Gasteiger charge is -2.47. The maximum atomic E-state index is 12.9. The smallest absolute Gasteiger partial charge is 0.410 e. The number of hydrogen-bond donors (Lipinski definition) is 0. The highest BCUT2D eigenvalue weighted by molar-refractivity contribution is 5.69. The van der Waals surface area contributed by atoms with E-state index in [1.165, 1.54) is 0 Å². The molecule has 1 fully saturated rings. The number of benzene rings is 1. The van der Waals surface area contributed by atoms with Crippen LogP contribution in [0, 0.1) is 11.8 Å². The van der Waals surface area contributed by atoms with Crippen LogP contribution in [-0.4, -0.2) is 36.9 Å². The van der Waals surface area contributed by atoms with E-state index in [2.05, 4.69) is 12.2 Å². The Balaban J connectivity index is 1.83. The molecule has 1 aromatic rings. The highest BCUT2D eigenvalue weighted by Crippen LogP contribution is 2.46. The standard InChI is InChI=1S/C21H29NO4/c1-21(2,3)26-20(23)22(18-11-14-7-6-8-17(14)18)13-15-9-10-16(24-4)12-19(15)25-5/h6-7,9-10,12,14,17-18H,8,11,13H2,1-5H3/t14-,17?,18+/m0/s1. The molecule has 2 aliphatic carbocycles. The summed E-state index contributed by atoms with van der Waals surface area (Å²) >= 11 is 0. The van der Waals surface area contributed by atoms with Crippen molar-refractivity contribution in [2.45, 2.75) is 51.8 Å². The summed E-state index contributed by atoms with van der Waals surface area (Å²) in [5.41, 5.74) is 0.435. The zero-order valence-corrected chi connectivity index (χ0v) is 16.3. The first kappa shape index (κ1) is 18.6. The first-order chi connectivity index (χ1) is 12.3. The summed E-state index contributed by atoms with van der Waals surface area (Å²) in [6.07, 6.45) is 6.29. The first-order valence-corrected chi connectivity index (χ1v) is 9.19. The number of methoxy groups -OCH3 is 2. The number of allylic oxidation sites excluding steroid dienone is 2. The van der Waals surface area contributed by atoms with Crippen molar-refractivity contribution in [2.75, 3.05) is 14.2 Å². The molecule has 3 rings (SSSR count). The average Bonchev–Trinajstić information content (AvgIpc) is 2.93. The molecule has 2 aliphatic rings. The van der Waals surface area contributed by atoms with Crippen molar-refractivity contribution in [2.24, 2.45) is 11.8 Å². The van der Waals surface area contributed by atoms with Crippen LogP contribution in [-0.2, 0) is 11.3 Å². The minimum Gasteiger partial charge on any atom is -0.497 e. The molecule has 26 heavy (non-hydrogen) atoms. The van der Waals surface area contributed by atoms with Gasteiger partial charge in [-0.2, -0.15) is 0 Å². The maximum absolute atomic E-state index is 12.9. The predicted molar refractivity (Wildman–Crippen MR) is 100 cm³/mol. The molecule has 1 saturated carbocycles. The van der Waals surface area contributed by atoms with Gasteiger partial charge in [-0.1, -0.05) is 12.2 Å². The molecule has 0 N–H and O–H groups in total. The highest BCUT2D eigenvalue weighted by atomic mass is 16.6. The number of amides is 1. The van der Waals surface area contributed by atoms with Crippen LogP contribution in [0.4, 0.5) is 4.79 Å². The summed E-state index contributed by atoms with van der Waals surface area (Å²) in [6, 6.07) is 5.91. The summed E-state index contributed by atoms with van der Waals surface area (Å²) in [5.74, 6) is 2.56. The number of rotatable bonds is 5. The molecule has 1 unspecified atom stereocenters. The Bertz CT molecular complexity index is 692. The second-order valence-corrected chi connectivity index (χ2v) is 8.08. The Morgan fingerprint density at radius 1 is 1.23 bits per heavy atom. The lowest BCUT2D eigenvalue weighted by atomic mass is 9.70. The molecular weight excluding hydrogens is 330 g/mol. The predicted octanol–water partition coefficient (Wildman–Crippen LogP) is 4.41. The van der Waals surface area contributed by atoms with E-state index < -0.39 is 5.60 Å². The Morgan fingerprint density at radius 2 is 2.00 bits per heavy atom. The van der Waals surface area contributed by atoms with Crippen molar-refractivity contribution in [3.05, 3.63) is 35.9 Å². The summed E-state index contributed by atoms with van der Waals surface area (Å²) < 4.78 is 16.5. The molecule has 0 bridgehead atoms. The number of ether oxygens (including phenoxy) is 3. The number of carbonyl (C=O) groups is 1. The van der Waals surface area contributed by atoms with Gasteiger partial charge in [0.25, 0.3) is 0 Å². The third-order valence-electron chi connectivity index (χ3n) is 5.21. The fraction of sp³-hybridized carbons (Fsp3) is 0.571. The van der Waals surface area contributed by atoms with Crippen molar-refractivity contribution in [1.29, 1.82) is 0 Å². The van der Waals surface area contributed by atoms with Gasteiger partial charge in [0.2, 0.25) is 0 Å². The number of carbonyl (C=O) groups excluding carboxylic acids is 1. The van der Waals surface area contributed by atoms with Crippen LogP contribution in [0.3, 0.4) is 0 Å². The van der Waals surface area contributed by atoms with Crippen molar-refractivity contribution < 1.29 is 19.0 Å². The molecule has 5 heteroatoms. The second kappa shape index (κ2) is 7.22. The summed E-state index contributed by atoms with van der Waals surface area (Å²) in [6.45, 7) is 6.17. The summed E-state index contributed by atoms with van der Waals surface area (Å²) in [7, 11) is 3.26. The fourth-order valence-corrected chi connectivity index (χ4v) is 3.84. The normalized spacial score (nSPS) is 23.8. The van der Waals surface area contributed by atoms with Crippen LogP contribution in [0.5, 0.6) is 11.5 Å². The fourth-order valence-electron chi connectivity index (χ4n) is 3.84. The molecule has 3 atom stereocenters. The molecule has 1 amide bonds. The van der Waals surface area contributed by atoms with Crippen LogP contribution in [0.25, 0.3) is 0 Å². The Kier molecular flexibility index (Phi) is 5.17. The minimum absolute atomic E-state index is 0.205. The molecule has 0 saturated heterocycles. The van der Waals surface area contributed by atoms with Gasteiger partial charge >= 0.3 is 6.09 Å². The van der Waals surface area contributed by atoms with Gasteiger partial charge in [0.1, 0.15) is 17.1 Å². The van der Waals surface area contributed by atoms with Crippen LogP contribution in [0.1, 0.15) is 39.2 Å². The Hall–Kier alpha value is -2.17. The molecule has 142 valence electrons. The third kappa shape index (κ3) is 3.81. The number of fused-ring (bicyclic) bond motifs is 1. The number of hydrogen-bond acceptors (Lipinski definition) is 4. The van der Waals surface area contributed by atoms with Crippen LogP contribution < -0.4 is 9.47 Å². The van der Waals surface area contributed by atoms with Gasteiger partial charge in [0.15, 0.2) is 0 Å². The molecule has 0 radical (unpaired) electrons. The van der Waals surface area contributed by atoms with E-state index in [0.717, 1.165) is 29.9 Å². The van der Waals surface area contributed by atoms with Crippen molar-refractivity contribution >= 4 is 6.09 Å². The van der Waals surface area contributed by atoms with Crippen molar-refractivity contribution in [3.8, 4) is 11.5 Å². The number of nitrogens with zero attached hydrogens (tertiary/aromatic N) is 1. The van der Waals surface area contributed by atoms with E-state index in [1.54, 1.807) is 14.2 Å². The van der Waals surface area contributed by atoms with Gasteiger partial charge in [0, 0.05) is 17.7 Å². The van der Waals surface area contributed by atoms with Gasteiger partial charge in [0.05, 0.1) is 20.8 Å². The van der Waals surface area contributed by atoms with Gasteiger partial charge in [-0.3, -0.25) is 0 Å². The maximum Gasteiger partial charge on any atom is 0.410 e. The molecular formula is C21H29NO4. The van der Waals surface area contributed by atoms with E-state index in [-0.39, 0.29) is 12.1 Å². The van der Waals surface area contributed by atoms with Crippen LogP contribution >= 0.6 is 0 Å². The lowest BCUT2D eigenvalue weighted by molar-refractivity contribution is -0.0188. The SMILES string of the molecule is COc1ccc(CN(C(=O)OC(C)(C)C)[C@@H]2C[C@@H]3C=CCC23)c(OC)c1. The highest BCUT2D eigenvalue weighted by Gasteiger charge is 2.46. The summed E-state index contributed by atoms with van der Waals surface area (Å²) in [5, 5.41) is 0. The lowest BCUT2D eigenvalue weighted by Crippen LogP contribution is -2.53. The monoisotopic (exact) mass is 359 g/mol. The van der Waals surface area contributed by atoms with E-state index >= 15 is 0 Å². The van der Waals surface area contributed by atoms with Gasteiger partial charge in [-0.15, -0.1) is 0 Å². The van der Waals surface area contributed by atoms with Crippen molar-refractivity contribution in [3.63, 3.8) is 0 Å². The van der Waals surface area contributed by atoms with E-state index in [9.17, 15) is 4.79 Å². The molecule has 1 aromatic carbocycles. The largest absolute Gasteiger partial charge is 0.497 e. The quantitative estimate of drug-likeness (QED) is 0.731. The third-order valence-corrected chi connectivity index (χ3v) is 5.21. The van der Waals surface area contributed by atoms with Gasteiger partial charge < -0.3 is 19.1 Å². The Labute approximate surface area is 155 Å². The molecule has 0 heterocycles. The molecule has 0 aliphatic heterocycles. The zero-order valence-electron chi connectivity index (χ0n) is 16.3. The van der Waals surface area contributed by atoms with Crippen LogP contribution in [0.2, 0.25) is 0 Å². The van der Waals surface area contributed by atoms with Crippen molar-refractivity contribution in [1.82, 2.24) is 4.90 Å². The Morgan fingerprint density at radius 3 is 2.62 bits per heavy atom. The average molecular weight is 359 g/mol. The molecule has 5 nitrogen and oxygen atoms in total.